The maximum absolute atomic E-state index is 11.9. The molecule has 6 heteroatoms. The Morgan fingerprint density at radius 1 is 1.31 bits per heavy atom. The summed E-state index contributed by atoms with van der Waals surface area (Å²) in [6, 6.07) is 4.35. The number of rotatable bonds is 3. The number of carbonyl (C=O) groups is 1. The molecule has 0 aliphatic rings. The van der Waals surface area contributed by atoms with Gasteiger partial charge in [0.1, 0.15) is 0 Å². The molecule has 0 unspecified atom stereocenters. The SMILES string of the molecule is Cc1ccc(C(=O)Cl)cc1S(=O)(=O)N(C)C. The zero-order valence-electron chi connectivity index (χ0n) is 9.19. The highest BCUT2D eigenvalue weighted by Gasteiger charge is 2.20. The normalized spacial score (nSPS) is 11.8. The van der Waals surface area contributed by atoms with Crippen LogP contribution in [-0.4, -0.2) is 32.1 Å². The Kier molecular flexibility index (Phi) is 3.72. The molecule has 4 nitrogen and oxygen atoms in total. The zero-order valence-corrected chi connectivity index (χ0v) is 10.8. The van der Waals surface area contributed by atoms with Crippen LogP contribution >= 0.6 is 11.6 Å². The third-order valence-electron chi connectivity index (χ3n) is 2.17. The molecule has 88 valence electrons. The van der Waals surface area contributed by atoms with Crippen molar-refractivity contribution in [2.45, 2.75) is 11.8 Å². The van der Waals surface area contributed by atoms with E-state index in [0.29, 0.717) is 5.56 Å². The molecule has 0 spiro atoms. The first-order valence-electron chi connectivity index (χ1n) is 4.50. The van der Waals surface area contributed by atoms with Crippen molar-refractivity contribution < 1.29 is 13.2 Å². The van der Waals surface area contributed by atoms with Crippen molar-refractivity contribution in [3.05, 3.63) is 29.3 Å². The molecule has 0 saturated carbocycles. The van der Waals surface area contributed by atoms with Crippen LogP contribution in [0.25, 0.3) is 0 Å². The fourth-order valence-electron chi connectivity index (χ4n) is 1.20. The molecule has 0 fully saturated rings. The molecule has 0 aromatic heterocycles. The highest BCUT2D eigenvalue weighted by molar-refractivity contribution is 7.89. The van der Waals surface area contributed by atoms with E-state index in [9.17, 15) is 13.2 Å². The number of carbonyl (C=O) groups excluding carboxylic acids is 1. The van der Waals surface area contributed by atoms with E-state index in [1.165, 1.54) is 26.2 Å². The smallest absolute Gasteiger partial charge is 0.252 e. The molecular formula is C10H12ClNO3S. The molecule has 0 aliphatic heterocycles. The summed E-state index contributed by atoms with van der Waals surface area (Å²) < 4.78 is 24.9. The minimum Gasteiger partial charge on any atom is -0.276 e. The van der Waals surface area contributed by atoms with Crippen LogP contribution in [0.2, 0.25) is 0 Å². The predicted molar refractivity (Wildman–Crippen MR) is 62.2 cm³/mol. The third kappa shape index (κ3) is 2.42. The Labute approximate surface area is 99.9 Å². The summed E-state index contributed by atoms with van der Waals surface area (Å²) in [5.41, 5.74) is 0.753. The monoisotopic (exact) mass is 261 g/mol. The quantitative estimate of drug-likeness (QED) is 0.777. The molecule has 0 heterocycles. The number of benzene rings is 1. The topological polar surface area (TPSA) is 54.5 Å². The molecule has 0 radical (unpaired) electrons. The maximum Gasteiger partial charge on any atom is 0.252 e. The molecule has 0 aliphatic carbocycles. The van der Waals surface area contributed by atoms with E-state index < -0.39 is 15.3 Å². The van der Waals surface area contributed by atoms with Crippen molar-refractivity contribution in [2.75, 3.05) is 14.1 Å². The summed E-state index contributed by atoms with van der Waals surface area (Å²) in [6.45, 7) is 1.67. The van der Waals surface area contributed by atoms with Gasteiger partial charge in [-0.1, -0.05) is 6.07 Å². The number of sulfonamides is 1. The second kappa shape index (κ2) is 4.53. The first-order chi connectivity index (χ1) is 7.26. The fourth-order valence-corrected chi connectivity index (χ4v) is 2.46. The van der Waals surface area contributed by atoms with Crippen molar-refractivity contribution in [1.82, 2.24) is 4.31 Å². The van der Waals surface area contributed by atoms with Crippen molar-refractivity contribution >= 4 is 26.9 Å². The van der Waals surface area contributed by atoms with Crippen LogP contribution in [0.3, 0.4) is 0 Å². The summed E-state index contributed by atoms with van der Waals surface area (Å²) >= 11 is 5.31. The van der Waals surface area contributed by atoms with Gasteiger partial charge in [0.25, 0.3) is 5.24 Å². The average Bonchev–Trinajstić information content (AvgIpc) is 2.17. The lowest BCUT2D eigenvalue weighted by atomic mass is 10.2. The van der Waals surface area contributed by atoms with Crippen LogP contribution in [0.15, 0.2) is 23.1 Å². The molecule has 0 N–H and O–H groups in total. The summed E-state index contributed by atoms with van der Waals surface area (Å²) in [7, 11) is -0.672. The molecule has 0 bridgehead atoms. The van der Waals surface area contributed by atoms with Gasteiger partial charge in [-0.15, -0.1) is 0 Å². The minimum atomic E-state index is -3.54. The van der Waals surface area contributed by atoms with E-state index in [-0.39, 0.29) is 10.5 Å². The highest BCUT2D eigenvalue weighted by atomic mass is 35.5. The van der Waals surface area contributed by atoms with Gasteiger partial charge in [-0.05, 0) is 36.2 Å². The van der Waals surface area contributed by atoms with Gasteiger partial charge >= 0.3 is 0 Å². The Hall–Kier alpha value is -0.910. The van der Waals surface area contributed by atoms with Crippen LogP contribution in [0.4, 0.5) is 0 Å². The summed E-state index contributed by atoms with van der Waals surface area (Å²) in [5, 5.41) is -0.671. The van der Waals surface area contributed by atoms with Gasteiger partial charge in [0.2, 0.25) is 10.0 Å². The second-order valence-corrected chi connectivity index (χ2v) is 6.00. The van der Waals surface area contributed by atoms with Gasteiger partial charge in [0, 0.05) is 19.7 Å². The van der Waals surface area contributed by atoms with E-state index in [4.69, 9.17) is 11.6 Å². The van der Waals surface area contributed by atoms with E-state index in [2.05, 4.69) is 0 Å². The first-order valence-corrected chi connectivity index (χ1v) is 6.31. The lowest BCUT2D eigenvalue weighted by Crippen LogP contribution is -2.23. The summed E-state index contributed by atoms with van der Waals surface area (Å²) in [5.74, 6) is 0. The van der Waals surface area contributed by atoms with Crippen molar-refractivity contribution in [3.63, 3.8) is 0 Å². The highest BCUT2D eigenvalue weighted by Crippen LogP contribution is 2.20. The zero-order chi connectivity index (χ0) is 12.5. The van der Waals surface area contributed by atoms with Crippen LogP contribution in [0.5, 0.6) is 0 Å². The molecule has 1 aromatic rings. The first kappa shape index (κ1) is 13.2. The number of hydrogen-bond donors (Lipinski definition) is 0. The predicted octanol–water partition coefficient (Wildman–Crippen LogP) is 1.62. The van der Waals surface area contributed by atoms with Gasteiger partial charge < -0.3 is 0 Å². The fraction of sp³-hybridized carbons (Fsp3) is 0.300. The molecular weight excluding hydrogens is 250 g/mol. The lowest BCUT2D eigenvalue weighted by Gasteiger charge is -2.13. The van der Waals surface area contributed by atoms with Crippen molar-refractivity contribution in [3.8, 4) is 0 Å². The van der Waals surface area contributed by atoms with Gasteiger partial charge in [-0.25, -0.2) is 12.7 Å². The van der Waals surface area contributed by atoms with Crippen LogP contribution in [0.1, 0.15) is 15.9 Å². The lowest BCUT2D eigenvalue weighted by molar-refractivity contribution is 0.108. The Morgan fingerprint density at radius 2 is 1.88 bits per heavy atom. The maximum atomic E-state index is 11.9. The van der Waals surface area contributed by atoms with Gasteiger partial charge in [0.15, 0.2) is 0 Å². The Bertz CT molecular complexity index is 523. The average molecular weight is 262 g/mol. The van der Waals surface area contributed by atoms with Crippen LogP contribution < -0.4 is 0 Å². The third-order valence-corrected chi connectivity index (χ3v) is 4.35. The van der Waals surface area contributed by atoms with Crippen LogP contribution in [0, 0.1) is 6.92 Å². The van der Waals surface area contributed by atoms with Gasteiger partial charge in [-0.2, -0.15) is 0 Å². The van der Waals surface area contributed by atoms with E-state index in [1.54, 1.807) is 13.0 Å². The van der Waals surface area contributed by atoms with E-state index >= 15 is 0 Å². The summed E-state index contributed by atoms with van der Waals surface area (Å²) in [4.78, 5) is 11.1. The largest absolute Gasteiger partial charge is 0.276 e. The number of hydrogen-bond acceptors (Lipinski definition) is 3. The molecule has 0 atom stereocenters. The number of nitrogens with zero attached hydrogens (tertiary/aromatic N) is 1. The van der Waals surface area contributed by atoms with Crippen molar-refractivity contribution in [2.24, 2.45) is 0 Å². The standard InChI is InChI=1S/C10H12ClNO3S/c1-7-4-5-8(10(11)13)6-9(7)16(14,15)12(2)3/h4-6H,1-3H3. The van der Waals surface area contributed by atoms with Crippen molar-refractivity contribution in [1.29, 1.82) is 0 Å². The number of halogens is 1. The second-order valence-electron chi connectivity index (χ2n) is 3.54. The van der Waals surface area contributed by atoms with Gasteiger partial charge in [0.05, 0.1) is 4.90 Å². The molecule has 16 heavy (non-hydrogen) atoms. The molecule has 1 rings (SSSR count). The van der Waals surface area contributed by atoms with E-state index in [1.807, 2.05) is 0 Å². The molecule has 0 amide bonds. The minimum absolute atomic E-state index is 0.101. The van der Waals surface area contributed by atoms with Gasteiger partial charge in [-0.3, -0.25) is 4.79 Å². The number of aryl methyl sites for hydroxylation is 1. The molecule has 0 saturated heterocycles. The summed E-state index contributed by atoms with van der Waals surface area (Å²) in [6.07, 6.45) is 0. The Balaban J connectivity index is 3.45. The van der Waals surface area contributed by atoms with Crippen LogP contribution in [-0.2, 0) is 10.0 Å². The molecule has 1 aromatic carbocycles. The van der Waals surface area contributed by atoms with E-state index in [0.717, 1.165) is 4.31 Å². The Morgan fingerprint density at radius 3 is 2.31 bits per heavy atom.